The van der Waals surface area contributed by atoms with Gasteiger partial charge in [0.15, 0.2) is 0 Å². The summed E-state index contributed by atoms with van der Waals surface area (Å²) in [7, 11) is 0. The molecule has 0 atom stereocenters. The maximum atomic E-state index is 12.6. The van der Waals surface area contributed by atoms with Gasteiger partial charge in [-0.3, -0.25) is 14.9 Å². The number of carbonyl (C=O) groups excluding carboxylic acids is 1. The molecule has 26 heavy (non-hydrogen) atoms. The Bertz CT molecular complexity index is 802. The molecule has 1 heterocycles. The van der Waals surface area contributed by atoms with Crippen molar-refractivity contribution in [2.75, 3.05) is 23.3 Å². The van der Waals surface area contributed by atoms with E-state index in [1.54, 1.807) is 12.1 Å². The molecule has 2 aromatic rings. The number of hydrogen-bond acceptors (Lipinski definition) is 4. The second-order valence-electron chi connectivity index (χ2n) is 6.62. The van der Waals surface area contributed by atoms with Crippen LogP contribution in [0.1, 0.15) is 30.4 Å². The lowest BCUT2D eigenvalue weighted by molar-refractivity contribution is -0.384. The molecule has 0 bridgehead atoms. The van der Waals surface area contributed by atoms with E-state index in [2.05, 4.69) is 30.4 Å². The summed E-state index contributed by atoms with van der Waals surface area (Å²) in [6, 6.07) is 12.6. The zero-order valence-electron chi connectivity index (χ0n) is 14.9. The van der Waals surface area contributed by atoms with Gasteiger partial charge in [-0.25, -0.2) is 0 Å². The van der Waals surface area contributed by atoms with Crippen molar-refractivity contribution in [2.24, 2.45) is 0 Å². The van der Waals surface area contributed by atoms with Crippen LogP contribution in [0, 0.1) is 17.0 Å². The molecular formula is C20H23N3O3. The summed E-state index contributed by atoms with van der Waals surface area (Å²) in [6.07, 6.45) is 3.23. The Kier molecular flexibility index (Phi) is 5.51. The number of nitrogens with zero attached hydrogens (tertiary/aromatic N) is 2. The molecule has 3 rings (SSSR count). The zero-order valence-corrected chi connectivity index (χ0v) is 14.9. The Morgan fingerprint density at radius 3 is 2.73 bits per heavy atom. The first kappa shape index (κ1) is 17.9. The molecule has 2 aromatic carbocycles. The number of benzene rings is 2. The lowest BCUT2D eigenvalue weighted by Crippen LogP contribution is -2.35. The van der Waals surface area contributed by atoms with Crippen LogP contribution >= 0.6 is 0 Å². The number of aryl methyl sites for hydroxylation is 2. The number of rotatable bonds is 6. The Morgan fingerprint density at radius 2 is 2.00 bits per heavy atom. The molecule has 1 aliphatic rings. The minimum atomic E-state index is -0.416. The highest BCUT2D eigenvalue weighted by Crippen LogP contribution is 2.28. The van der Waals surface area contributed by atoms with Crippen molar-refractivity contribution >= 4 is 23.0 Å². The molecule has 0 spiro atoms. The third-order valence-electron chi connectivity index (χ3n) is 4.63. The van der Waals surface area contributed by atoms with E-state index < -0.39 is 4.92 Å². The standard InChI is InChI=1S/C20H23N3O3/c1-15-6-11-19-16(14-15)4-3-13-22(19)20(24)5-2-12-21-17-7-9-18(10-8-17)23(25)26/h6-11,14,21H,2-5,12-13H2,1H3. The van der Waals surface area contributed by atoms with Gasteiger partial charge < -0.3 is 10.2 Å². The van der Waals surface area contributed by atoms with E-state index >= 15 is 0 Å². The smallest absolute Gasteiger partial charge is 0.269 e. The predicted molar refractivity (Wildman–Crippen MR) is 103 cm³/mol. The first-order valence-corrected chi connectivity index (χ1v) is 8.93. The molecule has 0 radical (unpaired) electrons. The zero-order chi connectivity index (χ0) is 18.5. The van der Waals surface area contributed by atoms with Gasteiger partial charge in [0.05, 0.1) is 4.92 Å². The van der Waals surface area contributed by atoms with Gasteiger partial charge in [-0.1, -0.05) is 17.7 Å². The normalized spacial score (nSPS) is 13.2. The second-order valence-corrected chi connectivity index (χ2v) is 6.62. The molecular weight excluding hydrogens is 330 g/mol. The SMILES string of the molecule is Cc1ccc2c(c1)CCCN2C(=O)CCCNc1ccc([N+](=O)[O-])cc1. The van der Waals surface area contributed by atoms with Crippen molar-refractivity contribution < 1.29 is 9.72 Å². The van der Waals surface area contributed by atoms with Gasteiger partial charge in [0, 0.05) is 43.0 Å². The summed E-state index contributed by atoms with van der Waals surface area (Å²) in [5, 5.41) is 13.8. The number of nitro groups is 1. The van der Waals surface area contributed by atoms with Crippen molar-refractivity contribution in [1.82, 2.24) is 0 Å². The first-order chi connectivity index (χ1) is 12.5. The summed E-state index contributed by atoms with van der Waals surface area (Å²) in [5.41, 5.74) is 4.43. The van der Waals surface area contributed by atoms with Crippen LogP contribution in [0.2, 0.25) is 0 Å². The van der Waals surface area contributed by atoms with E-state index in [4.69, 9.17) is 0 Å². The topological polar surface area (TPSA) is 75.5 Å². The van der Waals surface area contributed by atoms with Gasteiger partial charge >= 0.3 is 0 Å². The number of fused-ring (bicyclic) bond motifs is 1. The van der Waals surface area contributed by atoms with E-state index in [0.717, 1.165) is 30.8 Å². The third kappa shape index (κ3) is 4.20. The minimum absolute atomic E-state index is 0.0738. The van der Waals surface area contributed by atoms with Crippen molar-refractivity contribution in [1.29, 1.82) is 0 Å². The monoisotopic (exact) mass is 353 g/mol. The Balaban J connectivity index is 1.50. The number of amides is 1. The third-order valence-corrected chi connectivity index (χ3v) is 4.63. The van der Waals surface area contributed by atoms with Crippen LogP contribution in [0.3, 0.4) is 0 Å². The van der Waals surface area contributed by atoms with E-state index in [9.17, 15) is 14.9 Å². The van der Waals surface area contributed by atoms with E-state index in [1.165, 1.54) is 23.3 Å². The summed E-state index contributed by atoms with van der Waals surface area (Å²) in [5.74, 6) is 0.153. The molecule has 6 nitrogen and oxygen atoms in total. The van der Waals surface area contributed by atoms with Crippen LogP contribution in [-0.4, -0.2) is 23.9 Å². The Morgan fingerprint density at radius 1 is 1.23 bits per heavy atom. The lowest BCUT2D eigenvalue weighted by Gasteiger charge is -2.30. The van der Waals surface area contributed by atoms with Crippen LogP contribution in [0.25, 0.3) is 0 Å². The predicted octanol–water partition coefficient (Wildman–Crippen LogP) is 4.07. The molecule has 0 saturated heterocycles. The van der Waals surface area contributed by atoms with Crippen molar-refractivity contribution in [3.63, 3.8) is 0 Å². The highest BCUT2D eigenvalue weighted by molar-refractivity contribution is 5.94. The number of hydrogen-bond donors (Lipinski definition) is 1. The maximum absolute atomic E-state index is 12.6. The van der Waals surface area contributed by atoms with E-state index in [0.29, 0.717) is 19.4 Å². The molecule has 136 valence electrons. The molecule has 0 unspecified atom stereocenters. The van der Waals surface area contributed by atoms with Gasteiger partial charge in [-0.2, -0.15) is 0 Å². The second kappa shape index (κ2) is 7.99. The highest BCUT2D eigenvalue weighted by Gasteiger charge is 2.21. The number of nitrogens with one attached hydrogen (secondary N) is 1. The number of carbonyl (C=O) groups is 1. The number of nitro benzene ring substituents is 1. The van der Waals surface area contributed by atoms with Gasteiger partial charge in [0.2, 0.25) is 5.91 Å². The fraction of sp³-hybridized carbons (Fsp3) is 0.350. The van der Waals surface area contributed by atoms with Crippen molar-refractivity contribution in [3.8, 4) is 0 Å². The van der Waals surface area contributed by atoms with Crippen LogP contribution in [-0.2, 0) is 11.2 Å². The average Bonchev–Trinajstić information content (AvgIpc) is 2.64. The van der Waals surface area contributed by atoms with Crippen LogP contribution in [0.15, 0.2) is 42.5 Å². The Hall–Kier alpha value is -2.89. The average molecular weight is 353 g/mol. The highest BCUT2D eigenvalue weighted by atomic mass is 16.6. The lowest BCUT2D eigenvalue weighted by atomic mass is 9.99. The quantitative estimate of drug-likeness (QED) is 0.482. The van der Waals surface area contributed by atoms with Crippen molar-refractivity contribution in [2.45, 2.75) is 32.6 Å². The molecule has 1 N–H and O–H groups in total. The minimum Gasteiger partial charge on any atom is -0.385 e. The fourth-order valence-electron chi connectivity index (χ4n) is 3.29. The van der Waals surface area contributed by atoms with Gasteiger partial charge in [0.25, 0.3) is 5.69 Å². The molecule has 0 aromatic heterocycles. The molecule has 0 aliphatic carbocycles. The van der Waals surface area contributed by atoms with Gasteiger partial charge in [0.1, 0.15) is 0 Å². The summed E-state index contributed by atoms with van der Waals surface area (Å²) in [6.45, 7) is 3.51. The van der Waals surface area contributed by atoms with Gasteiger partial charge in [-0.05, 0) is 49.9 Å². The van der Waals surface area contributed by atoms with Crippen LogP contribution in [0.5, 0.6) is 0 Å². The molecule has 0 saturated carbocycles. The van der Waals surface area contributed by atoms with E-state index in [1.807, 2.05) is 4.90 Å². The molecule has 1 amide bonds. The maximum Gasteiger partial charge on any atom is 0.269 e. The first-order valence-electron chi connectivity index (χ1n) is 8.93. The molecule has 6 heteroatoms. The largest absolute Gasteiger partial charge is 0.385 e. The number of anilines is 2. The van der Waals surface area contributed by atoms with Crippen molar-refractivity contribution in [3.05, 3.63) is 63.7 Å². The van der Waals surface area contributed by atoms with Crippen LogP contribution < -0.4 is 10.2 Å². The van der Waals surface area contributed by atoms with E-state index in [-0.39, 0.29) is 11.6 Å². The Labute approximate surface area is 153 Å². The summed E-state index contributed by atoms with van der Waals surface area (Å²) < 4.78 is 0. The fourth-order valence-corrected chi connectivity index (χ4v) is 3.29. The summed E-state index contributed by atoms with van der Waals surface area (Å²) >= 11 is 0. The molecule has 1 aliphatic heterocycles. The van der Waals surface area contributed by atoms with Crippen LogP contribution in [0.4, 0.5) is 17.1 Å². The van der Waals surface area contributed by atoms with Gasteiger partial charge in [-0.15, -0.1) is 0 Å². The number of non-ortho nitro benzene ring substituents is 1. The summed E-state index contributed by atoms with van der Waals surface area (Å²) in [4.78, 5) is 24.7. The molecule has 0 fully saturated rings.